The lowest BCUT2D eigenvalue weighted by Crippen LogP contribution is -2.21. The van der Waals surface area contributed by atoms with Crippen LogP contribution >= 0.6 is 11.8 Å². The van der Waals surface area contributed by atoms with E-state index in [-0.39, 0.29) is 17.7 Å². The zero-order valence-electron chi connectivity index (χ0n) is 12.1. The predicted molar refractivity (Wildman–Crippen MR) is 76.4 cm³/mol. The van der Waals surface area contributed by atoms with E-state index < -0.39 is 41.1 Å². The van der Waals surface area contributed by atoms with E-state index >= 15 is 0 Å². The summed E-state index contributed by atoms with van der Waals surface area (Å²) in [5.41, 5.74) is 3.10. The number of primary amides is 1. The molecule has 0 unspecified atom stereocenters. The Morgan fingerprint density at radius 1 is 1.22 bits per heavy atom. The number of nitrogens with two attached hydrogens (primary N) is 1. The van der Waals surface area contributed by atoms with Crippen LogP contribution in [0.5, 0.6) is 0 Å². The Balaban J connectivity index is 2.94. The maximum absolute atomic E-state index is 13.2. The quantitative estimate of drug-likeness (QED) is 0.596. The van der Waals surface area contributed by atoms with Crippen LogP contribution in [0, 0.1) is 0 Å². The molecule has 2 nitrogen and oxygen atoms in total. The fourth-order valence-electron chi connectivity index (χ4n) is 2.11. The first kappa shape index (κ1) is 19.7. The summed E-state index contributed by atoms with van der Waals surface area (Å²) < 4.78 is 75.8. The molecule has 0 heterocycles. The van der Waals surface area contributed by atoms with Crippen molar-refractivity contribution in [2.24, 2.45) is 5.73 Å². The van der Waals surface area contributed by atoms with Crippen LogP contribution in [0.2, 0.25) is 0 Å². The number of amides is 1. The topological polar surface area (TPSA) is 43.1 Å². The maximum Gasteiger partial charge on any atom is 0.417 e. The van der Waals surface area contributed by atoms with Crippen molar-refractivity contribution in [1.82, 2.24) is 0 Å². The van der Waals surface area contributed by atoms with Gasteiger partial charge in [-0.1, -0.05) is 19.1 Å². The largest absolute Gasteiger partial charge is 0.417 e. The third kappa shape index (κ3) is 5.96. The molecular formula is C14H15F6NOS. The summed E-state index contributed by atoms with van der Waals surface area (Å²) in [5, 5.41) is 0. The fourth-order valence-corrected chi connectivity index (χ4v) is 3.00. The molecule has 2 N–H and O–H groups in total. The molecule has 0 aromatic heterocycles. The van der Waals surface area contributed by atoms with E-state index in [0.717, 1.165) is 6.07 Å². The number of rotatable bonds is 6. The standard InChI is InChI=1S/C14H15F6NOS/c1-8(5-6-23-7-13(15,16)17)9-3-2-4-10(12(21)22)11(9)14(18,19)20/h2-4,8H,5-7H2,1H3,(H2,21,22)/t8-/m1/s1. The second-order valence-electron chi connectivity index (χ2n) is 4.99. The molecule has 0 spiro atoms. The SMILES string of the molecule is C[C@H](CCSCC(F)(F)F)c1cccc(C(N)=O)c1C(F)(F)F. The van der Waals surface area contributed by atoms with Crippen molar-refractivity contribution in [2.45, 2.75) is 31.6 Å². The van der Waals surface area contributed by atoms with Crippen molar-refractivity contribution in [3.05, 3.63) is 34.9 Å². The Morgan fingerprint density at radius 3 is 2.30 bits per heavy atom. The number of hydrogen-bond acceptors (Lipinski definition) is 2. The normalized spacial score (nSPS) is 13.9. The monoisotopic (exact) mass is 359 g/mol. The summed E-state index contributed by atoms with van der Waals surface area (Å²) in [7, 11) is 0. The molecular weight excluding hydrogens is 344 g/mol. The smallest absolute Gasteiger partial charge is 0.366 e. The van der Waals surface area contributed by atoms with E-state index in [1.165, 1.54) is 19.1 Å². The number of benzene rings is 1. The molecule has 0 bridgehead atoms. The first-order valence-corrected chi connectivity index (χ1v) is 7.73. The molecule has 0 aliphatic heterocycles. The molecule has 1 rings (SSSR count). The summed E-state index contributed by atoms with van der Waals surface area (Å²) in [5.74, 6) is -2.85. The summed E-state index contributed by atoms with van der Waals surface area (Å²) in [6.45, 7) is 1.48. The van der Waals surface area contributed by atoms with Gasteiger partial charge in [0, 0.05) is 0 Å². The van der Waals surface area contributed by atoms with Gasteiger partial charge in [0.1, 0.15) is 0 Å². The van der Waals surface area contributed by atoms with Gasteiger partial charge in [-0.05, 0) is 29.7 Å². The zero-order valence-corrected chi connectivity index (χ0v) is 12.9. The average molecular weight is 359 g/mol. The van der Waals surface area contributed by atoms with Crippen LogP contribution in [0.15, 0.2) is 18.2 Å². The highest BCUT2D eigenvalue weighted by Gasteiger charge is 2.38. The van der Waals surface area contributed by atoms with Gasteiger partial charge >= 0.3 is 12.4 Å². The molecule has 0 saturated carbocycles. The fraction of sp³-hybridized carbons (Fsp3) is 0.500. The number of halogens is 6. The summed E-state index contributed by atoms with van der Waals surface area (Å²) in [6.07, 6.45) is -8.96. The van der Waals surface area contributed by atoms with Crippen LogP contribution in [0.25, 0.3) is 0 Å². The van der Waals surface area contributed by atoms with E-state index in [4.69, 9.17) is 5.73 Å². The Labute approximate surface area is 133 Å². The molecule has 1 amide bonds. The Kier molecular flexibility index (Phi) is 6.38. The van der Waals surface area contributed by atoms with Crippen molar-refractivity contribution in [2.75, 3.05) is 11.5 Å². The zero-order chi connectivity index (χ0) is 17.8. The van der Waals surface area contributed by atoms with Crippen LogP contribution in [-0.4, -0.2) is 23.6 Å². The predicted octanol–water partition coefficient (Wildman–Crippen LogP) is 4.59. The highest BCUT2D eigenvalue weighted by Crippen LogP contribution is 2.38. The third-order valence-electron chi connectivity index (χ3n) is 3.14. The lowest BCUT2D eigenvalue weighted by Gasteiger charge is -2.20. The minimum absolute atomic E-state index is 0.0543. The summed E-state index contributed by atoms with van der Waals surface area (Å²) in [6, 6.07) is 3.48. The van der Waals surface area contributed by atoms with Crippen molar-refractivity contribution in [3.63, 3.8) is 0 Å². The molecule has 1 atom stereocenters. The van der Waals surface area contributed by atoms with E-state index in [0.29, 0.717) is 11.8 Å². The second kappa shape index (κ2) is 7.46. The van der Waals surface area contributed by atoms with Gasteiger partial charge in [-0.2, -0.15) is 38.1 Å². The highest BCUT2D eigenvalue weighted by atomic mass is 32.2. The number of carbonyl (C=O) groups is 1. The third-order valence-corrected chi connectivity index (χ3v) is 4.19. The Bertz CT molecular complexity index is 555. The minimum atomic E-state index is -4.77. The van der Waals surface area contributed by atoms with Crippen LogP contribution < -0.4 is 5.73 Å². The van der Waals surface area contributed by atoms with Crippen LogP contribution in [0.3, 0.4) is 0 Å². The number of thioether (sulfide) groups is 1. The lowest BCUT2D eigenvalue weighted by molar-refractivity contribution is -0.138. The van der Waals surface area contributed by atoms with Gasteiger partial charge < -0.3 is 5.73 Å². The molecule has 0 aliphatic rings. The Morgan fingerprint density at radius 2 is 1.83 bits per heavy atom. The van der Waals surface area contributed by atoms with Gasteiger partial charge in [0.15, 0.2) is 0 Å². The molecule has 0 radical (unpaired) electrons. The van der Waals surface area contributed by atoms with Crippen molar-refractivity contribution < 1.29 is 31.1 Å². The van der Waals surface area contributed by atoms with E-state index in [2.05, 4.69) is 0 Å². The Hall–Kier alpha value is -1.38. The van der Waals surface area contributed by atoms with Crippen molar-refractivity contribution >= 4 is 17.7 Å². The van der Waals surface area contributed by atoms with Gasteiger partial charge in [-0.15, -0.1) is 0 Å². The second-order valence-corrected chi connectivity index (χ2v) is 6.09. The molecule has 1 aromatic carbocycles. The van der Waals surface area contributed by atoms with Gasteiger partial charge in [0.05, 0.1) is 16.9 Å². The summed E-state index contributed by atoms with van der Waals surface area (Å²) in [4.78, 5) is 11.2. The molecule has 0 saturated heterocycles. The molecule has 1 aromatic rings. The first-order valence-electron chi connectivity index (χ1n) is 6.58. The van der Waals surface area contributed by atoms with Gasteiger partial charge in [-0.3, -0.25) is 4.79 Å². The molecule has 130 valence electrons. The van der Waals surface area contributed by atoms with Crippen LogP contribution in [-0.2, 0) is 6.18 Å². The van der Waals surface area contributed by atoms with Crippen molar-refractivity contribution in [3.8, 4) is 0 Å². The highest BCUT2D eigenvalue weighted by molar-refractivity contribution is 7.99. The van der Waals surface area contributed by atoms with Crippen LogP contribution in [0.1, 0.15) is 40.7 Å². The van der Waals surface area contributed by atoms with E-state index in [1.54, 1.807) is 0 Å². The number of alkyl halides is 6. The van der Waals surface area contributed by atoms with E-state index in [1.807, 2.05) is 0 Å². The number of carbonyl (C=O) groups excluding carboxylic acids is 1. The average Bonchev–Trinajstić information content (AvgIpc) is 2.40. The minimum Gasteiger partial charge on any atom is -0.366 e. The molecule has 0 fully saturated rings. The van der Waals surface area contributed by atoms with Crippen molar-refractivity contribution in [1.29, 1.82) is 0 Å². The number of hydrogen-bond donors (Lipinski definition) is 1. The molecule has 0 aliphatic carbocycles. The molecule has 9 heteroatoms. The van der Waals surface area contributed by atoms with Gasteiger partial charge in [0.25, 0.3) is 0 Å². The van der Waals surface area contributed by atoms with Gasteiger partial charge in [-0.25, -0.2) is 0 Å². The van der Waals surface area contributed by atoms with Gasteiger partial charge in [0.2, 0.25) is 5.91 Å². The maximum atomic E-state index is 13.2. The first-order chi connectivity index (χ1) is 10.4. The van der Waals surface area contributed by atoms with E-state index in [9.17, 15) is 31.1 Å². The van der Waals surface area contributed by atoms with Crippen LogP contribution in [0.4, 0.5) is 26.3 Å². The lowest BCUT2D eigenvalue weighted by atomic mass is 9.90. The molecule has 23 heavy (non-hydrogen) atoms. The summed E-state index contributed by atoms with van der Waals surface area (Å²) >= 11 is 0.609.